The first kappa shape index (κ1) is 15.2. The molecule has 1 aromatic carbocycles. The fourth-order valence-corrected chi connectivity index (χ4v) is 3.12. The molecule has 0 amide bonds. The van der Waals surface area contributed by atoms with Crippen LogP contribution < -0.4 is 10.1 Å². The first-order chi connectivity index (χ1) is 10.7. The number of fused-ring (bicyclic) bond motifs is 1. The van der Waals surface area contributed by atoms with Crippen molar-refractivity contribution in [2.24, 2.45) is 0 Å². The molecule has 1 atom stereocenters. The average Bonchev–Trinajstić information content (AvgIpc) is 2.71. The van der Waals surface area contributed by atoms with Gasteiger partial charge >= 0.3 is 0 Å². The molecule has 0 saturated carbocycles. The van der Waals surface area contributed by atoms with Crippen LogP contribution in [0.1, 0.15) is 29.5 Å². The predicted molar refractivity (Wildman–Crippen MR) is 91.0 cm³/mol. The van der Waals surface area contributed by atoms with Crippen LogP contribution in [-0.2, 0) is 12.8 Å². The summed E-state index contributed by atoms with van der Waals surface area (Å²) in [4.78, 5) is 4.39. The molecule has 1 N–H and O–H groups in total. The van der Waals surface area contributed by atoms with Gasteiger partial charge in [0.1, 0.15) is 11.6 Å². The summed E-state index contributed by atoms with van der Waals surface area (Å²) in [5.41, 5.74) is 3.86. The van der Waals surface area contributed by atoms with E-state index in [0.717, 1.165) is 36.4 Å². The molecule has 1 heterocycles. The minimum Gasteiger partial charge on any atom is -0.497 e. The van der Waals surface area contributed by atoms with Gasteiger partial charge in [-0.2, -0.15) is 0 Å². The molecule has 0 bridgehead atoms. The van der Waals surface area contributed by atoms with Crippen molar-refractivity contribution in [1.82, 2.24) is 4.98 Å². The largest absolute Gasteiger partial charge is 0.497 e. The normalized spacial score (nSPS) is 17.5. The van der Waals surface area contributed by atoms with Crippen molar-refractivity contribution in [2.45, 2.75) is 38.6 Å². The molecule has 0 radical (unpaired) electrons. The van der Waals surface area contributed by atoms with Gasteiger partial charge in [-0.3, -0.25) is 0 Å². The highest BCUT2D eigenvalue weighted by molar-refractivity contribution is 6.31. The van der Waals surface area contributed by atoms with E-state index < -0.39 is 0 Å². The molecule has 1 aromatic heterocycles. The molecule has 116 valence electrons. The fourth-order valence-electron chi connectivity index (χ4n) is 3.02. The third-order valence-electron chi connectivity index (χ3n) is 4.28. The Balaban J connectivity index is 1.78. The zero-order chi connectivity index (χ0) is 15.5. The van der Waals surface area contributed by atoms with Crippen LogP contribution in [0.5, 0.6) is 5.75 Å². The monoisotopic (exact) mass is 316 g/mol. The number of aryl methyl sites for hydroxylation is 2. The SMILES string of the molecule is COc1ccc2c(c1)CC(Nc1cc(C)c(Cl)cn1)CCC2. The van der Waals surface area contributed by atoms with Crippen molar-refractivity contribution in [1.29, 1.82) is 0 Å². The summed E-state index contributed by atoms with van der Waals surface area (Å²) >= 11 is 6.05. The van der Waals surface area contributed by atoms with Gasteiger partial charge in [-0.15, -0.1) is 0 Å². The molecular formula is C18H21ClN2O. The van der Waals surface area contributed by atoms with E-state index in [1.807, 2.05) is 13.0 Å². The van der Waals surface area contributed by atoms with E-state index in [9.17, 15) is 0 Å². The lowest BCUT2D eigenvalue weighted by atomic mass is 10.0. The Morgan fingerprint density at radius 2 is 2.14 bits per heavy atom. The minimum atomic E-state index is 0.390. The van der Waals surface area contributed by atoms with E-state index in [4.69, 9.17) is 16.3 Å². The number of aromatic nitrogens is 1. The van der Waals surface area contributed by atoms with Crippen molar-refractivity contribution in [3.05, 3.63) is 52.2 Å². The molecule has 0 saturated heterocycles. The lowest BCUT2D eigenvalue weighted by molar-refractivity contribution is 0.414. The predicted octanol–water partition coefficient (Wildman–Crippen LogP) is 4.41. The van der Waals surface area contributed by atoms with Gasteiger partial charge in [-0.05, 0) is 67.5 Å². The lowest BCUT2D eigenvalue weighted by Crippen LogP contribution is -2.22. The van der Waals surface area contributed by atoms with E-state index in [1.165, 1.54) is 17.5 Å². The second-order valence-corrected chi connectivity index (χ2v) is 6.30. The summed E-state index contributed by atoms with van der Waals surface area (Å²) in [5.74, 6) is 1.83. The van der Waals surface area contributed by atoms with Crippen LogP contribution in [0, 0.1) is 6.92 Å². The molecule has 22 heavy (non-hydrogen) atoms. The molecule has 4 heteroatoms. The summed E-state index contributed by atoms with van der Waals surface area (Å²) in [6.07, 6.45) is 6.16. The summed E-state index contributed by atoms with van der Waals surface area (Å²) in [5, 5.41) is 4.27. The number of nitrogens with zero attached hydrogens (tertiary/aromatic N) is 1. The van der Waals surface area contributed by atoms with Crippen molar-refractivity contribution in [2.75, 3.05) is 12.4 Å². The third kappa shape index (κ3) is 3.36. The maximum Gasteiger partial charge on any atom is 0.126 e. The Kier molecular flexibility index (Phi) is 4.53. The summed E-state index contributed by atoms with van der Waals surface area (Å²) in [6.45, 7) is 2.00. The van der Waals surface area contributed by atoms with E-state index in [1.54, 1.807) is 13.3 Å². The van der Waals surface area contributed by atoms with Crippen LogP contribution in [0.3, 0.4) is 0 Å². The maximum atomic E-state index is 6.05. The standard InChI is InChI=1S/C18H21ClN2O/c1-12-8-18(20-11-17(12)19)21-15-5-3-4-13-6-7-16(22-2)10-14(13)9-15/h6-8,10-11,15H,3-5,9H2,1-2H3,(H,20,21). The summed E-state index contributed by atoms with van der Waals surface area (Å²) < 4.78 is 5.36. The molecule has 1 unspecified atom stereocenters. The van der Waals surface area contributed by atoms with Crippen LogP contribution in [-0.4, -0.2) is 18.1 Å². The number of hydrogen-bond acceptors (Lipinski definition) is 3. The van der Waals surface area contributed by atoms with E-state index in [0.29, 0.717) is 11.1 Å². The third-order valence-corrected chi connectivity index (χ3v) is 4.67. The smallest absolute Gasteiger partial charge is 0.126 e. The molecule has 0 spiro atoms. The molecule has 1 aliphatic rings. The van der Waals surface area contributed by atoms with Crippen LogP contribution >= 0.6 is 11.6 Å². The van der Waals surface area contributed by atoms with Crippen LogP contribution in [0.2, 0.25) is 5.02 Å². The van der Waals surface area contributed by atoms with Gasteiger partial charge in [-0.1, -0.05) is 17.7 Å². The number of pyridine rings is 1. The Morgan fingerprint density at radius 3 is 2.91 bits per heavy atom. The number of ether oxygens (including phenoxy) is 1. The molecule has 0 fully saturated rings. The summed E-state index contributed by atoms with van der Waals surface area (Å²) in [6, 6.07) is 8.81. The minimum absolute atomic E-state index is 0.390. The second-order valence-electron chi connectivity index (χ2n) is 5.89. The number of nitrogens with one attached hydrogen (secondary N) is 1. The number of rotatable bonds is 3. The molecule has 2 aromatic rings. The number of methoxy groups -OCH3 is 1. The number of hydrogen-bond donors (Lipinski definition) is 1. The van der Waals surface area contributed by atoms with E-state index in [-0.39, 0.29) is 0 Å². The number of anilines is 1. The molecule has 0 aliphatic heterocycles. The van der Waals surface area contributed by atoms with Gasteiger partial charge in [0.15, 0.2) is 0 Å². The highest BCUT2D eigenvalue weighted by atomic mass is 35.5. The van der Waals surface area contributed by atoms with Crippen molar-refractivity contribution >= 4 is 17.4 Å². The second kappa shape index (κ2) is 6.57. The first-order valence-corrected chi connectivity index (χ1v) is 8.08. The van der Waals surface area contributed by atoms with Crippen molar-refractivity contribution in [3.63, 3.8) is 0 Å². The van der Waals surface area contributed by atoms with Crippen LogP contribution in [0.15, 0.2) is 30.5 Å². The molecule has 3 rings (SSSR count). The fraction of sp³-hybridized carbons (Fsp3) is 0.389. The van der Waals surface area contributed by atoms with Gasteiger partial charge in [0.2, 0.25) is 0 Å². The first-order valence-electron chi connectivity index (χ1n) is 7.70. The molecule has 1 aliphatic carbocycles. The van der Waals surface area contributed by atoms with E-state index >= 15 is 0 Å². The van der Waals surface area contributed by atoms with Crippen molar-refractivity contribution < 1.29 is 4.74 Å². The van der Waals surface area contributed by atoms with E-state index in [2.05, 4.69) is 28.5 Å². The number of benzene rings is 1. The zero-order valence-electron chi connectivity index (χ0n) is 13.0. The highest BCUT2D eigenvalue weighted by Crippen LogP contribution is 2.26. The quantitative estimate of drug-likeness (QED) is 0.852. The molecular weight excluding hydrogens is 296 g/mol. The van der Waals surface area contributed by atoms with Crippen LogP contribution in [0.4, 0.5) is 5.82 Å². The average molecular weight is 317 g/mol. The van der Waals surface area contributed by atoms with Gasteiger partial charge in [-0.25, -0.2) is 4.98 Å². The van der Waals surface area contributed by atoms with Crippen LogP contribution in [0.25, 0.3) is 0 Å². The zero-order valence-corrected chi connectivity index (χ0v) is 13.8. The van der Waals surface area contributed by atoms with Crippen molar-refractivity contribution in [3.8, 4) is 5.75 Å². The van der Waals surface area contributed by atoms with Gasteiger partial charge in [0.05, 0.1) is 12.1 Å². The lowest BCUT2D eigenvalue weighted by Gasteiger charge is -2.18. The van der Waals surface area contributed by atoms with Gasteiger partial charge in [0, 0.05) is 12.2 Å². The Morgan fingerprint density at radius 1 is 1.27 bits per heavy atom. The topological polar surface area (TPSA) is 34.1 Å². The number of halogens is 1. The van der Waals surface area contributed by atoms with Gasteiger partial charge < -0.3 is 10.1 Å². The molecule has 3 nitrogen and oxygen atoms in total. The Labute approximate surface area is 136 Å². The Hall–Kier alpha value is -1.74. The van der Waals surface area contributed by atoms with Gasteiger partial charge in [0.25, 0.3) is 0 Å². The highest BCUT2D eigenvalue weighted by Gasteiger charge is 2.17. The summed E-state index contributed by atoms with van der Waals surface area (Å²) in [7, 11) is 1.72. The maximum absolute atomic E-state index is 6.05. The Bertz CT molecular complexity index is 672.